The number of benzene rings is 1. The molecule has 1 amide bonds. The van der Waals surface area contributed by atoms with Crippen LogP contribution in [-0.2, 0) is 24.2 Å². The molecule has 1 aliphatic carbocycles. The van der Waals surface area contributed by atoms with Crippen LogP contribution in [0.15, 0.2) is 40.8 Å². The molecule has 3 heterocycles. The number of thiophene rings is 1. The van der Waals surface area contributed by atoms with Gasteiger partial charge in [0.1, 0.15) is 4.83 Å². The Morgan fingerprint density at radius 1 is 1.42 bits per heavy atom. The van der Waals surface area contributed by atoms with Crippen LogP contribution in [0.3, 0.4) is 0 Å². The number of ether oxygens (including phenoxy) is 2. The van der Waals surface area contributed by atoms with Gasteiger partial charge in [-0.05, 0) is 49.8 Å². The molecule has 0 bridgehead atoms. The summed E-state index contributed by atoms with van der Waals surface area (Å²) in [5.74, 6) is 1.71. The molecule has 9 heteroatoms. The van der Waals surface area contributed by atoms with E-state index in [1.165, 1.54) is 16.6 Å². The smallest absolute Gasteiger partial charge is 0.263 e. The lowest BCUT2D eigenvalue weighted by atomic mass is 9.89. The first kappa shape index (κ1) is 22.0. The number of rotatable bonds is 6. The van der Waals surface area contributed by atoms with Crippen molar-refractivity contribution in [1.29, 1.82) is 0 Å². The lowest BCUT2D eigenvalue weighted by molar-refractivity contribution is -0.115. The fourth-order valence-corrected chi connectivity index (χ4v) is 6.56. The number of hydrogen-bond donors (Lipinski definition) is 1. The van der Waals surface area contributed by atoms with Gasteiger partial charge in [0.05, 0.1) is 10.6 Å². The largest absolute Gasteiger partial charge is 0.454 e. The quantitative estimate of drug-likeness (QED) is 0.313. The minimum Gasteiger partial charge on any atom is -0.454 e. The van der Waals surface area contributed by atoms with Crippen molar-refractivity contribution in [3.05, 3.63) is 51.6 Å². The average Bonchev–Trinajstić information content (AvgIpc) is 3.39. The Kier molecular flexibility index (Phi) is 5.92. The highest BCUT2D eigenvalue weighted by Gasteiger charge is 2.26. The van der Waals surface area contributed by atoms with Crippen LogP contribution < -0.4 is 20.3 Å². The number of aryl methyl sites for hydroxylation is 1. The molecule has 0 spiro atoms. The van der Waals surface area contributed by atoms with E-state index in [0.717, 1.165) is 35.0 Å². The maximum absolute atomic E-state index is 13.4. The summed E-state index contributed by atoms with van der Waals surface area (Å²) >= 11 is 2.90. The van der Waals surface area contributed by atoms with E-state index in [-0.39, 0.29) is 18.3 Å². The molecule has 5 rings (SSSR count). The van der Waals surface area contributed by atoms with Gasteiger partial charge < -0.3 is 14.8 Å². The SMILES string of the molecule is C=CCn1c(S[C@@H](C)C(=O)Nc2ccc3c(c2)OCO3)nc2sc3c(c2c1=O)CC[C@H](C)C3. The number of fused-ring (bicyclic) bond motifs is 4. The molecule has 2 aromatic heterocycles. The zero-order chi connectivity index (χ0) is 23.1. The second kappa shape index (κ2) is 8.87. The molecule has 0 fully saturated rings. The third-order valence-corrected chi connectivity index (χ3v) is 8.22. The van der Waals surface area contributed by atoms with E-state index in [4.69, 9.17) is 14.5 Å². The second-order valence-electron chi connectivity index (χ2n) is 8.45. The Labute approximate surface area is 199 Å². The number of aromatic nitrogens is 2. The van der Waals surface area contributed by atoms with Crippen LogP contribution in [0.4, 0.5) is 5.69 Å². The Hall–Kier alpha value is -2.78. The molecular weight excluding hydrogens is 458 g/mol. The molecule has 0 saturated heterocycles. The van der Waals surface area contributed by atoms with Gasteiger partial charge in [0.15, 0.2) is 16.7 Å². The van der Waals surface area contributed by atoms with Crippen molar-refractivity contribution >= 4 is 44.9 Å². The number of amides is 1. The number of anilines is 1. The summed E-state index contributed by atoms with van der Waals surface area (Å²) in [5, 5.41) is 3.72. The first-order valence-electron chi connectivity index (χ1n) is 11.0. The maximum atomic E-state index is 13.4. The summed E-state index contributed by atoms with van der Waals surface area (Å²) in [7, 11) is 0. The van der Waals surface area contributed by atoms with Crippen molar-refractivity contribution in [2.24, 2.45) is 5.92 Å². The minimum atomic E-state index is -0.467. The van der Waals surface area contributed by atoms with Gasteiger partial charge in [0, 0.05) is 23.2 Å². The third kappa shape index (κ3) is 4.15. The molecule has 7 nitrogen and oxygen atoms in total. The molecular formula is C24H25N3O4S2. The third-order valence-electron chi connectivity index (χ3n) is 5.98. The number of carbonyl (C=O) groups excluding carboxylic acids is 1. The van der Waals surface area contributed by atoms with Crippen molar-refractivity contribution in [3.63, 3.8) is 0 Å². The molecule has 2 atom stereocenters. The molecule has 3 aromatic rings. The van der Waals surface area contributed by atoms with Crippen LogP contribution >= 0.6 is 23.1 Å². The lowest BCUT2D eigenvalue weighted by Gasteiger charge is -2.18. The van der Waals surface area contributed by atoms with Gasteiger partial charge in [0.2, 0.25) is 12.7 Å². The van der Waals surface area contributed by atoms with Crippen LogP contribution in [-0.4, -0.2) is 27.5 Å². The van der Waals surface area contributed by atoms with E-state index in [2.05, 4.69) is 18.8 Å². The monoisotopic (exact) mass is 483 g/mol. The van der Waals surface area contributed by atoms with Gasteiger partial charge in [-0.1, -0.05) is 24.8 Å². The molecule has 1 aliphatic heterocycles. The minimum absolute atomic E-state index is 0.0437. The van der Waals surface area contributed by atoms with E-state index < -0.39 is 5.25 Å². The first-order valence-corrected chi connectivity index (χ1v) is 12.7. The van der Waals surface area contributed by atoms with Gasteiger partial charge in [-0.2, -0.15) is 0 Å². The number of nitrogens with one attached hydrogen (secondary N) is 1. The standard InChI is InChI=1S/C24H25N3O4S2/c1-4-9-27-23(29)20-16-7-5-13(2)10-19(16)33-22(20)26-24(27)32-14(3)21(28)25-15-6-8-17-18(11-15)31-12-30-17/h4,6,8,11,13-14H,1,5,7,9-10,12H2,2-3H3,(H,25,28)/t13-,14-/m0/s1. The summed E-state index contributed by atoms with van der Waals surface area (Å²) in [6.07, 6.45) is 4.70. The van der Waals surface area contributed by atoms with Crippen LogP contribution in [0.2, 0.25) is 0 Å². The van der Waals surface area contributed by atoms with Crippen LogP contribution in [0, 0.1) is 5.92 Å². The van der Waals surface area contributed by atoms with Crippen molar-refractivity contribution in [2.45, 2.75) is 50.1 Å². The molecule has 0 saturated carbocycles. The summed E-state index contributed by atoms with van der Waals surface area (Å²) in [6, 6.07) is 5.29. The van der Waals surface area contributed by atoms with Crippen molar-refractivity contribution in [1.82, 2.24) is 9.55 Å². The highest BCUT2D eigenvalue weighted by Crippen LogP contribution is 2.37. The van der Waals surface area contributed by atoms with E-state index in [0.29, 0.717) is 34.8 Å². The lowest BCUT2D eigenvalue weighted by Crippen LogP contribution is -2.27. The fraction of sp³-hybridized carbons (Fsp3) is 0.375. The fourth-order valence-electron chi connectivity index (χ4n) is 4.21. The molecule has 172 valence electrons. The first-order chi connectivity index (χ1) is 15.9. The Balaban J connectivity index is 1.42. The Bertz CT molecular complexity index is 1310. The van der Waals surface area contributed by atoms with Crippen molar-refractivity contribution in [2.75, 3.05) is 12.1 Å². The number of hydrogen-bond acceptors (Lipinski definition) is 7. The number of allylic oxidation sites excluding steroid dienone is 1. The molecule has 0 unspecified atom stereocenters. The number of thioether (sulfide) groups is 1. The Morgan fingerprint density at radius 3 is 3.06 bits per heavy atom. The normalized spacial score (nSPS) is 17.6. The predicted octanol–water partition coefficient (Wildman–Crippen LogP) is 4.62. The molecule has 1 N–H and O–H groups in total. The van der Waals surface area contributed by atoms with E-state index in [9.17, 15) is 9.59 Å². The molecule has 33 heavy (non-hydrogen) atoms. The molecule has 1 aromatic carbocycles. The van der Waals surface area contributed by atoms with Crippen LogP contribution in [0.1, 0.15) is 30.7 Å². The van der Waals surface area contributed by atoms with Gasteiger partial charge >= 0.3 is 0 Å². The zero-order valence-corrected chi connectivity index (χ0v) is 20.2. The van der Waals surface area contributed by atoms with Gasteiger partial charge in [-0.25, -0.2) is 4.98 Å². The average molecular weight is 484 g/mol. The van der Waals surface area contributed by atoms with Crippen LogP contribution in [0.25, 0.3) is 10.2 Å². The predicted molar refractivity (Wildman–Crippen MR) is 132 cm³/mol. The van der Waals surface area contributed by atoms with Crippen molar-refractivity contribution in [3.8, 4) is 11.5 Å². The van der Waals surface area contributed by atoms with Crippen LogP contribution in [0.5, 0.6) is 11.5 Å². The highest BCUT2D eigenvalue weighted by atomic mass is 32.2. The summed E-state index contributed by atoms with van der Waals surface area (Å²) in [5.41, 5.74) is 1.75. The second-order valence-corrected chi connectivity index (χ2v) is 10.8. The summed E-state index contributed by atoms with van der Waals surface area (Å²) in [6.45, 7) is 8.39. The molecule has 0 radical (unpaired) electrons. The molecule has 2 aliphatic rings. The summed E-state index contributed by atoms with van der Waals surface area (Å²) in [4.78, 5) is 33.2. The van der Waals surface area contributed by atoms with Crippen molar-refractivity contribution < 1.29 is 14.3 Å². The van der Waals surface area contributed by atoms with Gasteiger partial charge in [-0.15, -0.1) is 17.9 Å². The van der Waals surface area contributed by atoms with E-state index in [1.807, 2.05) is 6.92 Å². The maximum Gasteiger partial charge on any atom is 0.263 e. The zero-order valence-electron chi connectivity index (χ0n) is 18.6. The van der Waals surface area contributed by atoms with Gasteiger partial charge in [-0.3, -0.25) is 14.2 Å². The topological polar surface area (TPSA) is 82.5 Å². The highest BCUT2D eigenvalue weighted by molar-refractivity contribution is 8.00. The van der Waals surface area contributed by atoms with E-state index >= 15 is 0 Å². The Morgan fingerprint density at radius 2 is 2.24 bits per heavy atom. The van der Waals surface area contributed by atoms with E-state index in [1.54, 1.807) is 40.2 Å². The number of nitrogens with zero attached hydrogens (tertiary/aromatic N) is 2. The number of carbonyl (C=O) groups is 1. The van der Waals surface area contributed by atoms with Gasteiger partial charge in [0.25, 0.3) is 5.56 Å². The summed E-state index contributed by atoms with van der Waals surface area (Å²) < 4.78 is 12.3.